The lowest BCUT2D eigenvalue weighted by atomic mass is 10.2. The van der Waals surface area contributed by atoms with Crippen LogP contribution in [0.5, 0.6) is 0 Å². The normalized spacial score (nSPS) is 11.9. The molecule has 116 valence electrons. The number of esters is 1. The molecule has 0 bridgehead atoms. The van der Waals surface area contributed by atoms with E-state index in [9.17, 15) is 9.59 Å². The quantitative estimate of drug-likeness (QED) is 0.629. The van der Waals surface area contributed by atoms with Crippen LogP contribution < -0.4 is 0 Å². The molecular formula is C14H12Cl2N2O4. The minimum Gasteiger partial charge on any atom is -0.478 e. The average molecular weight is 343 g/mol. The maximum Gasteiger partial charge on any atom is 0.338 e. The minimum atomic E-state index is -1.30. The van der Waals surface area contributed by atoms with Crippen LogP contribution in [0.25, 0.3) is 0 Å². The fourth-order valence-corrected chi connectivity index (χ4v) is 2.01. The predicted molar refractivity (Wildman–Crippen MR) is 81.9 cm³/mol. The monoisotopic (exact) mass is 342 g/mol. The van der Waals surface area contributed by atoms with Gasteiger partial charge in [0.05, 0.1) is 34.0 Å². The Kier molecular flexibility index (Phi) is 6.83. The third-order valence-electron chi connectivity index (χ3n) is 2.49. The SMILES string of the molecule is CCCOC(=O)C(C#N)C=Nc1ccc(Cl)c(C(=O)O)c1Cl. The number of rotatable bonds is 6. The summed E-state index contributed by atoms with van der Waals surface area (Å²) < 4.78 is 4.84. The van der Waals surface area contributed by atoms with E-state index >= 15 is 0 Å². The molecule has 1 N–H and O–H groups in total. The first-order valence-corrected chi connectivity index (χ1v) is 6.99. The molecule has 1 atom stereocenters. The van der Waals surface area contributed by atoms with Crippen molar-refractivity contribution in [1.82, 2.24) is 0 Å². The van der Waals surface area contributed by atoms with Gasteiger partial charge in [-0.25, -0.2) is 4.79 Å². The van der Waals surface area contributed by atoms with Gasteiger partial charge in [0.1, 0.15) is 0 Å². The zero-order valence-electron chi connectivity index (χ0n) is 11.5. The molecule has 8 heteroatoms. The van der Waals surface area contributed by atoms with E-state index in [4.69, 9.17) is 38.3 Å². The number of carbonyl (C=O) groups is 2. The molecule has 1 aromatic carbocycles. The minimum absolute atomic E-state index is 0.0318. The second-order valence-corrected chi connectivity index (χ2v) is 4.90. The summed E-state index contributed by atoms with van der Waals surface area (Å²) in [7, 11) is 0. The molecule has 1 rings (SSSR count). The third-order valence-corrected chi connectivity index (χ3v) is 3.19. The number of aromatic carboxylic acids is 1. The maximum atomic E-state index is 11.6. The molecule has 0 saturated carbocycles. The molecule has 0 amide bonds. The molecule has 6 nitrogen and oxygen atoms in total. The second-order valence-electron chi connectivity index (χ2n) is 4.11. The summed E-state index contributed by atoms with van der Waals surface area (Å²) in [6.45, 7) is 2.03. The topological polar surface area (TPSA) is 99.8 Å². The number of halogens is 2. The van der Waals surface area contributed by atoms with Crippen LogP contribution in [-0.2, 0) is 9.53 Å². The molecule has 0 heterocycles. The van der Waals surface area contributed by atoms with Gasteiger partial charge in [0, 0.05) is 6.21 Å². The summed E-state index contributed by atoms with van der Waals surface area (Å²) in [5.41, 5.74) is -0.202. The Labute approximate surface area is 136 Å². The first-order chi connectivity index (χ1) is 10.4. The lowest BCUT2D eigenvalue weighted by Gasteiger charge is -2.06. The molecule has 0 radical (unpaired) electrons. The van der Waals surface area contributed by atoms with Crippen molar-refractivity contribution in [3.05, 3.63) is 27.7 Å². The van der Waals surface area contributed by atoms with Crippen LogP contribution in [0, 0.1) is 17.2 Å². The summed E-state index contributed by atoms with van der Waals surface area (Å²) in [6, 6.07) is 4.45. The zero-order chi connectivity index (χ0) is 16.7. The lowest BCUT2D eigenvalue weighted by Crippen LogP contribution is -2.17. The van der Waals surface area contributed by atoms with E-state index in [0.29, 0.717) is 6.42 Å². The van der Waals surface area contributed by atoms with Crippen LogP contribution in [0.2, 0.25) is 10.0 Å². The highest BCUT2D eigenvalue weighted by Gasteiger charge is 2.19. The summed E-state index contributed by atoms with van der Waals surface area (Å²) in [6.07, 6.45) is 1.69. The van der Waals surface area contributed by atoms with Gasteiger partial charge in [-0.05, 0) is 18.6 Å². The Morgan fingerprint density at radius 3 is 2.73 bits per heavy atom. The van der Waals surface area contributed by atoms with Crippen LogP contribution in [0.3, 0.4) is 0 Å². The molecule has 0 aromatic heterocycles. The highest BCUT2D eigenvalue weighted by molar-refractivity contribution is 6.40. The number of carboxylic acids is 1. The Balaban J connectivity index is 3.03. The number of aliphatic imine (C=N–C) groups is 1. The van der Waals surface area contributed by atoms with Gasteiger partial charge in [0.2, 0.25) is 0 Å². The maximum absolute atomic E-state index is 11.6. The molecular weight excluding hydrogens is 331 g/mol. The Hall–Kier alpha value is -2.10. The number of nitriles is 1. The van der Waals surface area contributed by atoms with Gasteiger partial charge in [0.15, 0.2) is 5.92 Å². The van der Waals surface area contributed by atoms with Gasteiger partial charge < -0.3 is 9.84 Å². The van der Waals surface area contributed by atoms with Crippen LogP contribution in [0.1, 0.15) is 23.7 Å². The number of carbonyl (C=O) groups excluding carboxylic acids is 1. The Bertz CT molecular complexity index is 653. The number of hydrogen-bond donors (Lipinski definition) is 1. The van der Waals surface area contributed by atoms with Crippen molar-refractivity contribution in [1.29, 1.82) is 5.26 Å². The largest absolute Gasteiger partial charge is 0.478 e. The van der Waals surface area contributed by atoms with Crippen molar-refractivity contribution in [2.24, 2.45) is 10.9 Å². The van der Waals surface area contributed by atoms with Gasteiger partial charge in [-0.15, -0.1) is 0 Å². The van der Waals surface area contributed by atoms with Gasteiger partial charge in [-0.2, -0.15) is 5.26 Å². The van der Waals surface area contributed by atoms with Gasteiger partial charge >= 0.3 is 11.9 Å². The van der Waals surface area contributed by atoms with Crippen molar-refractivity contribution in [2.45, 2.75) is 13.3 Å². The van der Waals surface area contributed by atoms with Gasteiger partial charge in [-0.3, -0.25) is 9.79 Å². The molecule has 1 aromatic rings. The Morgan fingerprint density at radius 2 is 2.18 bits per heavy atom. The van der Waals surface area contributed by atoms with Crippen LogP contribution >= 0.6 is 23.2 Å². The molecule has 1 unspecified atom stereocenters. The summed E-state index contributed by atoms with van der Waals surface area (Å²) in [4.78, 5) is 26.5. The molecule has 22 heavy (non-hydrogen) atoms. The fourth-order valence-electron chi connectivity index (χ4n) is 1.43. The fraction of sp³-hybridized carbons (Fsp3) is 0.286. The van der Waals surface area contributed by atoms with Gasteiger partial charge in [0.25, 0.3) is 0 Å². The van der Waals surface area contributed by atoms with Crippen molar-refractivity contribution in [3.8, 4) is 6.07 Å². The first kappa shape index (κ1) is 18.0. The molecule has 0 aliphatic rings. The van der Waals surface area contributed by atoms with Crippen LogP contribution in [-0.4, -0.2) is 29.9 Å². The number of hydrogen-bond acceptors (Lipinski definition) is 5. The highest BCUT2D eigenvalue weighted by atomic mass is 35.5. The number of ether oxygens (including phenoxy) is 1. The van der Waals surface area contributed by atoms with E-state index in [1.54, 1.807) is 6.07 Å². The van der Waals surface area contributed by atoms with Crippen molar-refractivity contribution < 1.29 is 19.4 Å². The highest BCUT2D eigenvalue weighted by Crippen LogP contribution is 2.33. The Morgan fingerprint density at radius 1 is 1.50 bits per heavy atom. The summed E-state index contributed by atoms with van der Waals surface area (Å²) >= 11 is 11.7. The van der Waals surface area contributed by atoms with Gasteiger partial charge in [-0.1, -0.05) is 30.1 Å². The van der Waals surface area contributed by atoms with E-state index in [-0.39, 0.29) is 27.9 Å². The van der Waals surface area contributed by atoms with E-state index in [2.05, 4.69) is 4.99 Å². The predicted octanol–water partition coefficient (Wildman–Crippen LogP) is 3.49. The molecule has 0 aliphatic carbocycles. The lowest BCUT2D eigenvalue weighted by molar-refractivity contribution is -0.144. The molecule has 0 aliphatic heterocycles. The zero-order valence-corrected chi connectivity index (χ0v) is 13.1. The van der Waals surface area contributed by atoms with E-state index < -0.39 is 17.9 Å². The van der Waals surface area contributed by atoms with E-state index in [1.807, 2.05) is 6.92 Å². The standard InChI is InChI=1S/C14H12Cl2N2O4/c1-2-5-22-14(21)8(6-17)7-18-10-4-3-9(15)11(12(10)16)13(19)20/h3-4,7-8H,2,5H2,1H3,(H,19,20). The second kappa shape index (κ2) is 8.37. The smallest absolute Gasteiger partial charge is 0.338 e. The van der Waals surface area contributed by atoms with E-state index in [1.165, 1.54) is 12.1 Å². The average Bonchev–Trinajstić information content (AvgIpc) is 2.47. The van der Waals surface area contributed by atoms with Crippen LogP contribution in [0.15, 0.2) is 17.1 Å². The van der Waals surface area contributed by atoms with Crippen molar-refractivity contribution >= 4 is 47.0 Å². The van der Waals surface area contributed by atoms with E-state index in [0.717, 1.165) is 6.21 Å². The summed E-state index contributed by atoms with van der Waals surface area (Å²) in [5.74, 6) is -3.23. The first-order valence-electron chi connectivity index (χ1n) is 6.24. The van der Waals surface area contributed by atoms with Crippen LogP contribution in [0.4, 0.5) is 5.69 Å². The third kappa shape index (κ3) is 4.45. The number of carboxylic acid groups (broad SMARTS) is 1. The van der Waals surface area contributed by atoms with Crippen molar-refractivity contribution in [2.75, 3.05) is 6.61 Å². The summed E-state index contributed by atoms with van der Waals surface area (Å²) in [5, 5.41) is 17.8. The molecule has 0 spiro atoms. The molecule has 0 fully saturated rings. The molecule has 0 saturated heterocycles. The van der Waals surface area contributed by atoms with Crippen molar-refractivity contribution in [3.63, 3.8) is 0 Å². The number of benzene rings is 1. The number of nitrogens with zero attached hydrogens (tertiary/aromatic N) is 2.